The van der Waals surface area contributed by atoms with Gasteiger partial charge in [0.05, 0.1) is 6.42 Å². The molecular formula is C12H12O5. The number of carboxylic acid groups (broad SMARTS) is 2. The summed E-state index contributed by atoms with van der Waals surface area (Å²) < 4.78 is 0. The van der Waals surface area contributed by atoms with Gasteiger partial charge in [0, 0.05) is 6.08 Å². The van der Waals surface area contributed by atoms with Gasteiger partial charge in [-0.25, -0.2) is 4.79 Å². The highest BCUT2D eigenvalue weighted by atomic mass is 16.4. The van der Waals surface area contributed by atoms with Crippen molar-refractivity contribution in [2.75, 3.05) is 0 Å². The molecule has 0 aliphatic heterocycles. The summed E-state index contributed by atoms with van der Waals surface area (Å²) in [5.74, 6) is -2.46. The third-order valence-corrected chi connectivity index (χ3v) is 2.20. The van der Waals surface area contributed by atoms with E-state index in [-0.39, 0.29) is 0 Å². The molecular weight excluding hydrogens is 224 g/mol. The summed E-state index contributed by atoms with van der Waals surface area (Å²) in [6, 6.07) is 8.06. The van der Waals surface area contributed by atoms with Crippen LogP contribution in [0.15, 0.2) is 42.5 Å². The first-order chi connectivity index (χ1) is 7.94. The molecule has 0 radical (unpaired) electrons. The van der Waals surface area contributed by atoms with E-state index in [2.05, 4.69) is 0 Å². The summed E-state index contributed by atoms with van der Waals surface area (Å²) in [6.07, 6.45) is 1.11. The third kappa shape index (κ3) is 3.73. The number of benzene rings is 1. The summed E-state index contributed by atoms with van der Waals surface area (Å²) in [4.78, 5) is 21.1. The van der Waals surface area contributed by atoms with Crippen molar-refractivity contribution >= 4 is 11.9 Å². The highest BCUT2D eigenvalue weighted by molar-refractivity contribution is 5.80. The van der Waals surface area contributed by atoms with E-state index in [1.54, 1.807) is 18.2 Å². The first-order valence-corrected chi connectivity index (χ1v) is 4.86. The van der Waals surface area contributed by atoms with Crippen molar-refractivity contribution in [1.29, 1.82) is 0 Å². The lowest BCUT2D eigenvalue weighted by Gasteiger charge is -2.22. The predicted octanol–water partition coefficient (Wildman–Crippen LogP) is 0.990. The molecule has 0 saturated heterocycles. The first kappa shape index (κ1) is 12.9. The third-order valence-electron chi connectivity index (χ3n) is 2.20. The summed E-state index contributed by atoms with van der Waals surface area (Å²) >= 11 is 0. The average molecular weight is 236 g/mol. The standard InChI is InChI=1S/C12H12O5/c13-10(14)6-7-12(17,8-11(15)16)9-4-2-1-3-5-9/h1-7,17H,8H2,(H,13,14)(H,15,16). The minimum Gasteiger partial charge on any atom is -0.481 e. The summed E-state index contributed by atoms with van der Waals surface area (Å²) in [7, 11) is 0. The topological polar surface area (TPSA) is 94.8 Å². The molecule has 0 aliphatic rings. The molecule has 1 atom stereocenters. The van der Waals surface area contributed by atoms with E-state index in [4.69, 9.17) is 10.2 Å². The van der Waals surface area contributed by atoms with Crippen molar-refractivity contribution < 1.29 is 24.9 Å². The van der Waals surface area contributed by atoms with Crippen LogP contribution in [0.2, 0.25) is 0 Å². The van der Waals surface area contributed by atoms with Crippen LogP contribution >= 0.6 is 0 Å². The molecule has 0 aromatic heterocycles. The van der Waals surface area contributed by atoms with Crippen LogP contribution in [0.3, 0.4) is 0 Å². The lowest BCUT2D eigenvalue weighted by atomic mass is 9.90. The number of carboxylic acids is 2. The van der Waals surface area contributed by atoms with Crippen molar-refractivity contribution in [3.63, 3.8) is 0 Å². The Morgan fingerprint density at radius 1 is 1.18 bits per heavy atom. The van der Waals surface area contributed by atoms with Gasteiger partial charge in [-0.05, 0) is 11.6 Å². The minimum absolute atomic E-state index is 0.333. The second-order valence-electron chi connectivity index (χ2n) is 3.53. The van der Waals surface area contributed by atoms with Crippen LogP contribution in [0.25, 0.3) is 0 Å². The maximum absolute atomic E-state index is 10.7. The molecule has 0 aliphatic carbocycles. The lowest BCUT2D eigenvalue weighted by molar-refractivity contribution is -0.141. The van der Waals surface area contributed by atoms with E-state index in [1.807, 2.05) is 0 Å². The molecule has 5 heteroatoms. The molecule has 1 rings (SSSR count). The number of rotatable bonds is 5. The lowest BCUT2D eigenvalue weighted by Crippen LogP contribution is -2.27. The smallest absolute Gasteiger partial charge is 0.328 e. The van der Waals surface area contributed by atoms with Crippen LogP contribution in [0.5, 0.6) is 0 Å². The zero-order valence-electron chi connectivity index (χ0n) is 8.91. The van der Waals surface area contributed by atoms with Gasteiger partial charge in [0.15, 0.2) is 0 Å². The number of carbonyl (C=O) groups is 2. The highest BCUT2D eigenvalue weighted by Gasteiger charge is 2.29. The first-order valence-electron chi connectivity index (χ1n) is 4.86. The maximum Gasteiger partial charge on any atom is 0.328 e. The summed E-state index contributed by atoms with van der Waals surface area (Å²) in [5, 5.41) is 27.4. The molecule has 0 heterocycles. The molecule has 0 bridgehead atoms. The van der Waals surface area contributed by atoms with Crippen molar-refractivity contribution in [2.45, 2.75) is 12.0 Å². The fourth-order valence-electron chi connectivity index (χ4n) is 1.42. The maximum atomic E-state index is 10.7. The van der Waals surface area contributed by atoms with Crippen LogP contribution in [0, 0.1) is 0 Å². The Kier molecular flexibility index (Phi) is 4.01. The SMILES string of the molecule is O=C(O)C=CC(O)(CC(=O)O)c1ccccc1. The Bertz CT molecular complexity index is 437. The minimum atomic E-state index is -1.81. The van der Waals surface area contributed by atoms with Gasteiger partial charge in [-0.3, -0.25) is 4.79 Å². The molecule has 0 spiro atoms. The number of aliphatic hydroxyl groups is 1. The molecule has 1 aromatic rings. The molecule has 5 nitrogen and oxygen atoms in total. The number of hydrogen-bond acceptors (Lipinski definition) is 3. The van der Waals surface area contributed by atoms with Gasteiger partial charge in [-0.2, -0.15) is 0 Å². The second-order valence-corrected chi connectivity index (χ2v) is 3.53. The number of hydrogen-bond donors (Lipinski definition) is 3. The molecule has 1 aromatic carbocycles. The average Bonchev–Trinajstić information content (AvgIpc) is 2.27. The van der Waals surface area contributed by atoms with Crippen LogP contribution in [-0.4, -0.2) is 27.3 Å². The Balaban J connectivity index is 3.10. The van der Waals surface area contributed by atoms with Crippen molar-refractivity contribution in [3.8, 4) is 0 Å². The Hall–Kier alpha value is -2.14. The van der Waals surface area contributed by atoms with E-state index in [9.17, 15) is 14.7 Å². The molecule has 17 heavy (non-hydrogen) atoms. The quantitative estimate of drug-likeness (QED) is 0.663. The van der Waals surface area contributed by atoms with Gasteiger partial charge >= 0.3 is 11.9 Å². The predicted molar refractivity (Wildman–Crippen MR) is 59.4 cm³/mol. The summed E-state index contributed by atoms with van der Waals surface area (Å²) in [5.41, 5.74) is -1.48. The van der Waals surface area contributed by atoms with Crippen molar-refractivity contribution in [1.82, 2.24) is 0 Å². The van der Waals surface area contributed by atoms with E-state index in [0.717, 1.165) is 12.2 Å². The van der Waals surface area contributed by atoms with Crippen molar-refractivity contribution in [2.24, 2.45) is 0 Å². The van der Waals surface area contributed by atoms with Gasteiger partial charge < -0.3 is 15.3 Å². The summed E-state index contributed by atoms with van der Waals surface area (Å²) in [6.45, 7) is 0. The Morgan fingerprint density at radius 2 is 1.76 bits per heavy atom. The highest BCUT2D eigenvalue weighted by Crippen LogP contribution is 2.26. The van der Waals surface area contributed by atoms with E-state index >= 15 is 0 Å². The zero-order chi connectivity index (χ0) is 12.9. The van der Waals surface area contributed by atoms with Gasteiger partial charge in [0.1, 0.15) is 5.60 Å². The van der Waals surface area contributed by atoms with Crippen LogP contribution in [-0.2, 0) is 15.2 Å². The number of aliphatic carboxylic acids is 2. The fraction of sp³-hybridized carbons (Fsp3) is 0.167. The molecule has 0 amide bonds. The van der Waals surface area contributed by atoms with E-state index in [0.29, 0.717) is 5.56 Å². The monoisotopic (exact) mass is 236 g/mol. The van der Waals surface area contributed by atoms with E-state index in [1.165, 1.54) is 12.1 Å². The van der Waals surface area contributed by atoms with Gasteiger partial charge in [-0.15, -0.1) is 0 Å². The van der Waals surface area contributed by atoms with Gasteiger partial charge in [0.25, 0.3) is 0 Å². The van der Waals surface area contributed by atoms with Crippen LogP contribution in [0.1, 0.15) is 12.0 Å². The van der Waals surface area contributed by atoms with Crippen LogP contribution < -0.4 is 0 Å². The molecule has 0 saturated carbocycles. The van der Waals surface area contributed by atoms with E-state index < -0.39 is 24.0 Å². The van der Waals surface area contributed by atoms with Gasteiger partial charge in [-0.1, -0.05) is 30.3 Å². The zero-order valence-corrected chi connectivity index (χ0v) is 8.91. The normalized spacial score (nSPS) is 14.4. The van der Waals surface area contributed by atoms with Gasteiger partial charge in [0.2, 0.25) is 0 Å². The Labute approximate surface area is 97.6 Å². The molecule has 1 unspecified atom stereocenters. The fourth-order valence-corrected chi connectivity index (χ4v) is 1.42. The Morgan fingerprint density at radius 3 is 2.24 bits per heavy atom. The molecule has 3 N–H and O–H groups in total. The van der Waals surface area contributed by atoms with Crippen molar-refractivity contribution in [3.05, 3.63) is 48.0 Å². The molecule has 90 valence electrons. The largest absolute Gasteiger partial charge is 0.481 e. The van der Waals surface area contributed by atoms with Crippen LogP contribution in [0.4, 0.5) is 0 Å². The molecule has 0 fully saturated rings. The second kappa shape index (κ2) is 5.27.